The highest BCUT2D eigenvalue weighted by molar-refractivity contribution is 7.91. The SMILES string of the molecule is O=C(CCn1nc(C(F)(F)F)cc1C1CC1)N1CCN(S(=O)(=O)c2cccs2)CC1. The second-order valence-electron chi connectivity index (χ2n) is 7.42. The van der Waals surface area contributed by atoms with E-state index in [1.165, 1.54) is 8.99 Å². The lowest BCUT2D eigenvalue weighted by molar-refractivity contribution is -0.141. The molecule has 0 aromatic carbocycles. The van der Waals surface area contributed by atoms with Crippen molar-refractivity contribution in [3.63, 3.8) is 0 Å². The zero-order valence-electron chi connectivity index (χ0n) is 16.0. The van der Waals surface area contributed by atoms with Gasteiger partial charge in [0.1, 0.15) is 4.21 Å². The van der Waals surface area contributed by atoms with Crippen molar-refractivity contribution < 1.29 is 26.4 Å². The first-order valence-electron chi connectivity index (χ1n) is 9.62. The molecule has 0 spiro atoms. The molecule has 3 heterocycles. The highest BCUT2D eigenvalue weighted by atomic mass is 32.2. The number of sulfonamides is 1. The molecule has 1 saturated heterocycles. The van der Waals surface area contributed by atoms with E-state index in [9.17, 15) is 26.4 Å². The maximum Gasteiger partial charge on any atom is 0.435 e. The summed E-state index contributed by atoms with van der Waals surface area (Å²) in [5.41, 5.74) is -0.397. The van der Waals surface area contributed by atoms with Crippen LogP contribution in [0.3, 0.4) is 0 Å². The molecular weight excluding hydrogens is 441 g/mol. The first-order chi connectivity index (χ1) is 14.2. The molecule has 0 radical (unpaired) electrons. The molecule has 4 rings (SSSR count). The molecule has 30 heavy (non-hydrogen) atoms. The smallest absolute Gasteiger partial charge is 0.340 e. The Labute approximate surface area is 176 Å². The number of hydrogen-bond donors (Lipinski definition) is 0. The number of hydrogen-bond acceptors (Lipinski definition) is 5. The highest BCUT2D eigenvalue weighted by Gasteiger charge is 2.38. The van der Waals surface area contributed by atoms with Crippen LogP contribution in [0.5, 0.6) is 0 Å². The standard InChI is InChI=1S/C18H21F3N4O3S2/c19-18(20,21)15-12-14(13-3-4-13)25(22-15)6-5-16(26)23-7-9-24(10-8-23)30(27,28)17-2-1-11-29-17/h1-2,11-13H,3-10H2. The Morgan fingerprint density at radius 1 is 1.20 bits per heavy atom. The van der Waals surface area contributed by atoms with E-state index in [-0.39, 0.29) is 55.2 Å². The summed E-state index contributed by atoms with van der Waals surface area (Å²) in [4.78, 5) is 14.1. The van der Waals surface area contributed by atoms with Crippen LogP contribution in [0.15, 0.2) is 27.8 Å². The van der Waals surface area contributed by atoms with Gasteiger partial charge in [-0.3, -0.25) is 9.48 Å². The van der Waals surface area contributed by atoms with Crippen LogP contribution in [0, 0.1) is 0 Å². The fourth-order valence-electron chi connectivity index (χ4n) is 3.53. The van der Waals surface area contributed by atoms with Gasteiger partial charge in [0.05, 0.1) is 0 Å². The van der Waals surface area contributed by atoms with Gasteiger partial charge in [-0.05, 0) is 30.4 Å². The summed E-state index contributed by atoms with van der Waals surface area (Å²) in [6.07, 6.45) is -2.82. The first kappa shape index (κ1) is 21.3. The van der Waals surface area contributed by atoms with Gasteiger partial charge in [0.25, 0.3) is 10.0 Å². The zero-order valence-corrected chi connectivity index (χ0v) is 17.6. The summed E-state index contributed by atoms with van der Waals surface area (Å²) >= 11 is 1.15. The molecule has 1 aliphatic carbocycles. The molecule has 2 aliphatic rings. The van der Waals surface area contributed by atoms with Gasteiger partial charge in [0.2, 0.25) is 5.91 Å². The number of carbonyl (C=O) groups excluding carboxylic acids is 1. The van der Waals surface area contributed by atoms with Crippen molar-refractivity contribution in [1.82, 2.24) is 19.0 Å². The fraction of sp³-hybridized carbons (Fsp3) is 0.556. The quantitative estimate of drug-likeness (QED) is 0.662. The molecule has 164 valence electrons. The number of nitrogens with zero attached hydrogens (tertiary/aromatic N) is 4. The summed E-state index contributed by atoms with van der Waals surface area (Å²) in [6.45, 7) is 0.977. The van der Waals surface area contributed by atoms with E-state index in [1.807, 2.05) is 0 Å². The van der Waals surface area contributed by atoms with Crippen LogP contribution < -0.4 is 0 Å². The molecule has 2 fully saturated rings. The van der Waals surface area contributed by atoms with E-state index < -0.39 is 21.9 Å². The van der Waals surface area contributed by atoms with Gasteiger partial charge in [0.15, 0.2) is 5.69 Å². The Balaban J connectivity index is 1.34. The van der Waals surface area contributed by atoms with Crippen molar-refractivity contribution in [3.05, 3.63) is 35.0 Å². The van der Waals surface area contributed by atoms with Gasteiger partial charge in [-0.15, -0.1) is 11.3 Å². The van der Waals surface area contributed by atoms with Crippen LogP contribution in [0.2, 0.25) is 0 Å². The maximum atomic E-state index is 13.0. The number of thiophene rings is 1. The summed E-state index contributed by atoms with van der Waals surface area (Å²) in [5.74, 6) is -0.135. The Bertz CT molecular complexity index is 1010. The summed E-state index contributed by atoms with van der Waals surface area (Å²) in [5, 5.41) is 5.36. The largest absolute Gasteiger partial charge is 0.435 e. The number of aromatic nitrogens is 2. The third kappa shape index (κ3) is 4.40. The minimum absolute atomic E-state index is 0.0242. The van der Waals surface area contributed by atoms with Crippen molar-refractivity contribution in [3.8, 4) is 0 Å². The molecule has 1 aliphatic heterocycles. The molecule has 0 atom stereocenters. The number of halogens is 3. The lowest BCUT2D eigenvalue weighted by Crippen LogP contribution is -2.50. The fourth-order valence-corrected chi connectivity index (χ4v) is 6.10. The molecule has 2 aromatic heterocycles. The topological polar surface area (TPSA) is 75.5 Å². The Kier molecular flexibility index (Phi) is 5.66. The van der Waals surface area contributed by atoms with Gasteiger partial charge >= 0.3 is 6.18 Å². The van der Waals surface area contributed by atoms with Crippen LogP contribution in [0.1, 0.15) is 36.6 Å². The Morgan fingerprint density at radius 3 is 2.47 bits per heavy atom. The summed E-state index contributed by atoms with van der Waals surface area (Å²) in [7, 11) is -3.55. The number of amides is 1. The van der Waals surface area contributed by atoms with Crippen LogP contribution in [0.25, 0.3) is 0 Å². The van der Waals surface area contributed by atoms with Crippen molar-refractivity contribution >= 4 is 27.3 Å². The predicted octanol–water partition coefficient (Wildman–Crippen LogP) is 2.76. The van der Waals surface area contributed by atoms with E-state index >= 15 is 0 Å². The van der Waals surface area contributed by atoms with Crippen LogP contribution >= 0.6 is 11.3 Å². The van der Waals surface area contributed by atoms with Gasteiger partial charge < -0.3 is 4.90 Å². The lowest BCUT2D eigenvalue weighted by Gasteiger charge is -2.33. The Hall–Kier alpha value is -1.92. The normalized spacial score (nSPS) is 18.7. The van der Waals surface area contributed by atoms with E-state index in [2.05, 4.69) is 5.10 Å². The molecule has 2 aromatic rings. The van der Waals surface area contributed by atoms with Crippen molar-refractivity contribution in [1.29, 1.82) is 0 Å². The van der Waals surface area contributed by atoms with Crippen LogP contribution in [-0.4, -0.2) is 59.5 Å². The van der Waals surface area contributed by atoms with Gasteiger partial charge in [-0.25, -0.2) is 8.42 Å². The molecule has 0 unspecified atom stereocenters. The number of aryl methyl sites for hydroxylation is 1. The number of carbonyl (C=O) groups is 1. The van der Waals surface area contributed by atoms with E-state index in [0.717, 1.165) is 30.2 Å². The third-order valence-electron chi connectivity index (χ3n) is 5.32. The second-order valence-corrected chi connectivity index (χ2v) is 10.5. The average Bonchev–Trinajstić information content (AvgIpc) is 3.20. The highest BCUT2D eigenvalue weighted by Crippen LogP contribution is 2.42. The molecule has 1 amide bonds. The number of rotatable bonds is 6. The second kappa shape index (κ2) is 7.97. The first-order valence-corrected chi connectivity index (χ1v) is 11.9. The predicted molar refractivity (Wildman–Crippen MR) is 103 cm³/mol. The van der Waals surface area contributed by atoms with Crippen molar-refractivity contribution in [2.24, 2.45) is 0 Å². The Morgan fingerprint density at radius 2 is 1.90 bits per heavy atom. The molecule has 0 N–H and O–H groups in total. The summed E-state index contributed by atoms with van der Waals surface area (Å²) in [6, 6.07) is 4.30. The zero-order chi connectivity index (χ0) is 21.5. The molecular formula is C18H21F3N4O3S2. The molecule has 12 heteroatoms. The van der Waals surface area contributed by atoms with Crippen LogP contribution in [0.4, 0.5) is 13.2 Å². The lowest BCUT2D eigenvalue weighted by atomic mass is 10.2. The van der Waals surface area contributed by atoms with Crippen LogP contribution in [-0.2, 0) is 27.5 Å². The third-order valence-corrected chi connectivity index (χ3v) is 8.59. The summed E-state index contributed by atoms with van der Waals surface area (Å²) < 4.78 is 67.0. The monoisotopic (exact) mass is 462 g/mol. The number of alkyl halides is 3. The minimum atomic E-state index is -4.51. The van der Waals surface area contributed by atoms with Gasteiger partial charge in [-0.2, -0.15) is 22.6 Å². The van der Waals surface area contributed by atoms with Gasteiger partial charge in [0, 0.05) is 50.8 Å². The molecule has 7 nitrogen and oxygen atoms in total. The maximum absolute atomic E-state index is 13.0. The van der Waals surface area contributed by atoms with Gasteiger partial charge in [-0.1, -0.05) is 6.07 Å². The van der Waals surface area contributed by atoms with E-state index in [0.29, 0.717) is 5.69 Å². The molecule has 1 saturated carbocycles. The minimum Gasteiger partial charge on any atom is -0.340 e. The molecule has 0 bridgehead atoms. The average molecular weight is 463 g/mol. The van der Waals surface area contributed by atoms with Crippen molar-refractivity contribution in [2.45, 2.75) is 42.1 Å². The van der Waals surface area contributed by atoms with E-state index in [1.54, 1.807) is 22.4 Å². The van der Waals surface area contributed by atoms with E-state index in [4.69, 9.17) is 0 Å². The number of piperazine rings is 1. The van der Waals surface area contributed by atoms with Crippen molar-refractivity contribution in [2.75, 3.05) is 26.2 Å².